The van der Waals surface area contributed by atoms with Gasteiger partial charge in [0.1, 0.15) is 0 Å². The molecule has 4 bridgehead atoms. The number of hydrogen-bond acceptors (Lipinski definition) is 4. The van der Waals surface area contributed by atoms with Crippen molar-refractivity contribution < 1.29 is 0 Å². The van der Waals surface area contributed by atoms with Crippen LogP contribution in [-0.4, -0.2) is 26.8 Å². The number of rotatable bonds is 3. The fourth-order valence-corrected chi connectivity index (χ4v) is 4.95. The minimum atomic E-state index is 0.581. The van der Waals surface area contributed by atoms with E-state index in [9.17, 15) is 0 Å². The zero-order chi connectivity index (χ0) is 12.1. The van der Waals surface area contributed by atoms with Crippen LogP contribution >= 0.6 is 0 Å². The van der Waals surface area contributed by atoms with Crippen LogP contribution in [0.25, 0.3) is 0 Å². The molecule has 98 valence electrons. The summed E-state index contributed by atoms with van der Waals surface area (Å²) in [5.41, 5.74) is 5.54. The van der Waals surface area contributed by atoms with E-state index in [0.717, 1.165) is 29.5 Å². The lowest BCUT2D eigenvalue weighted by Gasteiger charge is -2.53. The lowest BCUT2D eigenvalue weighted by Crippen LogP contribution is -2.44. The van der Waals surface area contributed by atoms with Gasteiger partial charge in [-0.2, -0.15) is 4.80 Å². The van der Waals surface area contributed by atoms with E-state index in [1.807, 2.05) is 0 Å². The highest BCUT2D eigenvalue weighted by molar-refractivity contribution is 5.09. The van der Waals surface area contributed by atoms with E-state index in [1.165, 1.54) is 32.1 Å². The molecule has 0 atom stereocenters. The quantitative estimate of drug-likeness (QED) is 0.870. The van der Waals surface area contributed by atoms with Crippen molar-refractivity contribution in [1.82, 2.24) is 20.2 Å². The second-order valence-corrected chi connectivity index (χ2v) is 6.49. The third kappa shape index (κ3) is 1.60. The Morgan fingerprint density at radius 3 is 2.33 bits per heavy atom. The molecule has 18 heavy (non-hydrogen) atoms. The Balaban J connectivity index is 1.60. The van der Waals surface area contributed by atoms with Gasteiger partial charge in [-0.1, -0.05) is 0 Å². The van der Waals surface area contributed by atoms with E-state index >= 15 is 0 Å². The first kappa shape index (κ1) is 10.9. The van der Waals surface area contributed by atoms with Crippen LogP contribution in [0.2, 0.25) is 0 Å². The highest BCUT2D eigenvalue weighted by atomic mass is 15.6. The minimum absolute atomic E-state index is 0.581. The zero-order valence-electron chi connectivity index (χ0n) is 10.7. The van der Waals surface area contributed by atoms with Crippen molar-refractivity contribution in [2.75, 3.05) is 6.54 Å². The molecule has 5 rings (SSSR count). The summed E-state index contributed by atoms with van der Waals surface area (Å²) in [7, 11) is 0. The molecule has 0 unspecified atom stereocenters. The monoisotopic (exact) mass is 247 g/mol. The Hall–Kier alpha value is -0.970. The van der Waals surface area contributed by atoms with Gasteiger partial charge in [0.25, 0.3) is 0 Å². The van der Waals surface area contributed by atoms with Crippen molar-refractivity contribution >= 4 is 0 Å². The minimum Gasteiger partial charge on any atom is -0.329 e. The van der Waals surface area contributed by atoms with Gasteiger partial charge in [0.15, 0.2) is 5.82 Å². The Morgan fingerprint density at radius 1 is 1.06 bits per heavy atom. The first-order valence-electron chi connectivity index (χ1n) is 7.31. The highest BCUT2D eigenvalue weighted by Gasteiger charge is 2.50. The predicted molar refractivity (Wildman–Crippen MR) is 66.7 cm³/mol. The number of nitrogens with zero attached hydrogens (tertiary/aromatic N) is 4. The summed E-state index contributed by atoms with van der Waals surface area (Å²) in [6, 6.07) is 0. The summed E-state index contributed by atoms with van der Waals surface area (Å²) in [6.07, 6.45) is 7.12. The van der Waals surface area contributed by atoms with Crippen LogP contribution in [0, 0.1) is 23.7 Å². The molecule has 4 aliphatic carbocycles. The summed E-state index contributed by atoms with van der Waals surface area (Å²) in [5, 5.41) is 13.0. The molecule has 5 nitrogen and oxygen atoms in total. The van der Waals surface area contributed by atoms with E-state index in [4.69, 9.17) is 5.73 Å². The van der Waals surface area contributed by atoms with E-state index in [0.29, 0.717) is 19.0 Å². The van der Waals surface area contributed by atoms with Gasteiger partial charge >= 0.3 is 0 Å². The van der Waals surface area contributed by atoms with Crippen molar-refractivity contribution in [3.05, 3.63) is 5.82 Å². The van der Waals surface area contributed by atoms with Gasteiger partial charge in [-0.05, 0) is 61.0 Å². The average molecular weight is 247 g/mol. The molecular weight excluding hydrogens is 226 g/mol. The number of hydrogen-bond donors (Lipinski definition) is 1. The predicted octanol–water partition coefficient (Wildman–Crippen LogP) is 1.17. The zero-order valence-corrected chi connectivity index (χ0v) is 10.7. The first-order valence-corrected chi connectivity index (χ1v) is 7.31. The number of tetrazole rings is 1. The SMILES string of the molecule is NCCn1nnc(C2C3CC4CC(C3)CC2C4)n1. The lowest BCUT2D eigenvalue weighted by atomic mass is 9.52. The normalized spacial score (nSPS) is 41.5. The van der Waals surface area contributed by atoms with Gasteiger partial charge < -0.3 is 5.73 Å². The molecule has 2 N–H and O–H groups in total. The molecule has 0 aliphatic heterocycles. The lowest BCUT2D eigenvalue weighted by molar-refractivity contribution is -0.00575. The molecule has 4 fully saturated rings. The maximum absolute atomic E-state index is 5.54. The third-order valence-electron chi connectivity index (χ3n) is 5.32. The summed E-state index contributed by atoms with van der Waals surface area (Å²) in [4.78, 5) is 1.67. The molecule has 1 aromatic rings. The summed E-state index contributed by atoms with van der Waals surface area (Å²) >= 11 is 0. The van der Waals surface area contributed by atoms with Crippen LogP contribution in [0.5, 0.6) is 0 Å². The van der Waals surface area contributed by atoms with E-state index in [-0.39, 0.29) is 0 Å². The standard InChI is InChI=1S/C13H21N5/c14-1-2-18-16-13(15-17-18)12-10-4-8-3-9(6-10)7-11(12)5-8/h8-12H,1-7,14H2. The van der Waals surface area contributed by atoms with Crippen LogP contribution in [0.1, 0.15) is 43.8 Å². The van der Waals surface area contributed by atoms with Crippen LogP contribution < -0.4 is 5.73 Å². The van der Waals surface area contributed by atoms with Crippen molar-refractivity contribution in [3.8, 4) is 0 Å². The van der Waals surface area contributed by atoms with Gasteiger partial charge in [0.2, 0.25) is 0 Å². The Morgan fingerprint density at radius 2 is 1.72 bits per heavy atom. The Kier molecular flexibility index (Phi) is 2.43. The number of nitrogens with two attached hydrogens (primary N) is 1. The maximum atomic E-state index is 5.54. The molecule has 1 heterocycles. The molecule has 4 aliphatic rings. The van der Waals surface area contributed by atoms with Crippen LogP contribution in [-0.2, 0) is 6.54 Å². The van der Waals surface area contributed by atoms with Crippen molar-refractivity contribution in [1.29, 1.82) is 0 Å². The topological polar surface area (TPSA) is 69.6 Å². The number of aromatic nitrogens is 4. The molecule has 0 aromatic carbocycles. The molecule has 0 amide bonds. The van der Waals surface area contributed by atoms with Gasteiger partial charge in [-0.15, -0.1) is 10.2 Å². The van der Waals surface area contributed by atoms with Gasteiger partial charge in [-0.25, -0.2) is 0 Å². The maximum Gasteiger partial charge on any atom is 0.178 e. The molecule has 4 saturated carbocycles. The smallest absolute Gasteiger partial charge is 0.178 e. The Labute approximate surface area is 107 Å². The van der Waals surface area contributed by atoms with Crippen LogP contribution in [0.15, 0.2) is 0 Å². The van der Waals surface area contributed by atoms with Gasteiger partial charge in [0.05, 0.1) is 6.54 Å². The molecule has 0 saturated heterocycles. The average Bonchev–Trinajstić information content (AvgIpc) is 2.76. The fourth-order valence-electron chi connectivity index (χ4n) is 4.95. The highest BCUT2D eigenvalue weighted by Crippen LogP contribution is 2.59. The molecule has 0 radical (unpaired) electrons. The van der Waals surface area contributed by atoms with Crippen molar-refractivity contribution in [2.24, 2.45) is 29.4 Å². The van der Waals surface area contributed by atoms with Crippen molar-refractivity contribution in [3.63, 3.8) is 0 Å². The van der Waals surface area contributed by atoms with E-state index < -0.39 is 0 Å². The Bertz CT molecular complexity index is 412. The third-order valence-corrected chi connectivity index (χ3v) is 5.32. The second kappa shape index (κ2) is 4.02. The van der Waals surface area contributed by atoms with Gasteiger partial charge in [0, 0.05) is 12.5 Å². The first-order chi connectivity index (χ1) is 8.83. The molecule has 5 heteroatoms. The second-order valence-electron chi connectivity index (χ2n) is 6.49. The summed E-state index contributed by atoms with van der Waals surface area (Å²) < 4.78 is 0. The van der Waals surface area contributed by atoms with Gasteiger partial charge in [-0.3, -0.25) is 0 Å². The van der Waals surface area contributed by atoms with Crippen LogP contribution in [0.3, 0.4) is 0 Å². The molecule has 1 aromatic heterocycles. The van der Waals surface area contributed by atoms with Crippen LogP contribution in [0.4, 0.5) is 0 Å². The van der Waals surface area contributed by atoms with E-state index in [1.54, 1.807) is 4.80 Å². The fraction of sp³-hybridized carbons (Fsp3) is 0.923. The largest absolute Gasteiger partial charge is 0.329 e. The van der Waals surface area contributed by atoms with E-state index in [2.05, 4.69) is 15.4 Å². The van der Waals surface area contributed by atoms with Crippen molar-refractivity contribution in [2.45, 2.75) is 44.6 Å². The molecular formula is C13H21N5. The summed E-state index contributed by atoms with van der Waals surface area (Å²) in [6.45, 7) is 1.26. The summed E-state index contributed by atoms with van der Waals surface area (Å²) in [5.74, 6) is 5.25. The molecule has 0 spiro atoms.